The maximum atomic E-state index is 12.2. The molecule has 0 spiro atoms. The molecule has 1 unspecified atom stereocenters. The number of rotatable bonds is 3. The molecule has 2 heterocycles. The number of sulfonamides is 1. The quantitative estimate of drug-likeness (QED) is 0.781. The Kier molecular flexibility index (Phi) is 3.67. The Balaban J connectivity index is 2.17. The van der Waals surface area contributed by atoms with Gasteiger partial charge < -0.3 is 4.74 Å². The van der Waals surface area contributed by atoms with Gasteiger partial charge in [-0.3, -0.25) is 9.89 Å². The lowest BCUT2D eigenvalue weighted by Gasteiger charge is -2.29. The average molecular weight is 273 g/mol. The molecule has 1 aliphatic heterocycles. The van der Waals surface area contributed by atoms with E-state index in [-0.39, 0.29) is 23.3 Å². The van der Waals surface area contributed by atoms with Crippen molar-refractivity contribution in [3.05, 3.63) is 12.4 Å². The number of ether oxygens (including phenoxy) is 1. The lowest BCUT2D eigenvalue weighted by Crippen LogP contribution is -2.42. The molecule has 1 aliphatic rings. The number of nitrogens with one attached hydrogen (secondary N) is 1. The second kappa shape index (κ2) is 5.07. The van der Waals surface area contributed by atoms with E-state index in [1.807, 2.05) is 0 Å². The number of piperidine rings is 1. The molecule has 2 rings (SSSR count). The molecule has 1 fully saturated rings. The van der Waals surface area contributed by atoms with Crippen LogP contribution in [-0.2, 0) is 19.6 Å². The molecular weight excluding hydrogens is 258 g/mol. The van der Waals surface area contributed by atoms with Gasteiger partial charge >= 0.3 is 5.97 Å². The van der Waals surface area contributed by atoms with Crippen LogP contribution >= 0.6 is 0 Å². The van der Waals surface area contributed by atoms with Gasteiger partial charge in [0.15, 0.2) is 0 Å². The van der Waals surface area contributed by atoms with Crippen molar-refractivity contribution in [2.75, 3.05) is 20.2 Å². The molecule has 0 aliphatic carbocycles. The van der Waals surface area contributed by atoms with Crippen LogP contribution in [0.25, 0.3) is 0 Å². The Labute approximate surface area is 105 Å². The summed E-state index contributed by atoms with van der Waals surface area (Å²) in [5.74, 6) is -0.743. The van der Waals surface area contributed by atoms with Crippen LogP contribution in [0, 0.1) is 5.92 Å². The molecule has 0 radical (unpaired) electrons. The minimum atomic E-state index is -3.56. The van der Waals surface area contributed by atoms with Crippen LogP contribution in [0.2, 0.25) is 0 Å². The van der Waals surface area contributed by atoms with Gasteiger partial charge in [0, 0.05) is 19.3 Å². The van der Waals surface area contributed by atoms with E-state index in [9.17, 15) is 13.2 Å². The summed E-state index contributed by atoms with van der Waals surface area (Å²) in [6.07, 6.45) is 3.90. The minimum Gasteiger partial charge on any atom is -0.469 e. The van der Waals surface area contributed by atoms with Crippen LogP contribution in [0.4, 0.5) is 0 Å². The summed E-state index contributed by atoms with van der Waals surface area (Å²) in [4.78, 5) is 11.6. The summed E-state index contributed by atoms with van der Waals surface area (Å²) >= 11 is 0. The lowest BCUT2D eigenvalue weighted by molar-refractivity contribution is -0.146. The summed E-state index contributed by atoms with van der Waals surface area (Å²) in [6.45, 7) is 0.585. The van der Waals surface area contributed by atoms with Crippen LogP contribution in [0.1, 0.15) is 12.8 Å². The SMILES string of the molecule is COC(=O)C1CCCN(S(=O)(=O)c2cn[nH]c2)C1. The Morgan fingerprint density at radius 2 is 2.39 bits per heavy atom. The first kappa shape index (κ1) is 13.0. The largest absolute Gasteiger partial charge is 0.469 e. The monoisotopic (exact) mass is 273 g/mol. The Hall–Kier alpha value is -1.41. The maximum absolute atomic E-state index is 12.2. The molecule has 1 aromatic rings. The molecule has 1 saturated heterocycles. The highest BCUT2D eigenvalue weighted by Gasteiger charge is 2.34. The third kappa shape index (κ3) is 2.39. The van der Waals surface area contributed by atoms with Gasteiger partial charge in [-0.15, -0.1) is 0 Å². The number of hydrogen-bond acceptors (Lipinski definition) is 5. The van der Waals surface area contributed by atoms with Crippen molar-refractivity contribution in [1.82, 2.24) is 14.5 Å². The van der Waals surface area contributed by atoms with Crippen molar-refractivity contribution in [2.45, 2.75) is 17.7 Å². The molecule has 1 aromatic heterocycles. The Bertz CT molecular complexity index is 511. The standard InChI is InChI=1S/C10H15N3O4S/c1-17-10(14)8-3-2-4-13(7-8)18(15,16)9-5-11-12-6-9/h5-6,8H,2-4,7H2,1H3,(H,11,12). The lowest BCUT2D eigenvalue weighted by atomic mass is 10.0. The fourth-order valence-electron chi connectivity index (χ4n) is 2.05. The van der Waals surface area contributed by atoms with E-state index in [4.69, 9.17) is 0 Å². The molecule has 1 atom stereocenters. The third-order valence-electron chi connectivity index (χ3n) is 3.03. The normalized spacial score (nSPS) is 21.7. The van der Waals surface area contributed by atoms with Crippen LogP contribution in [-0.4, -0.2) is 49.1 Å². The topological polar surface area (TPSA) is 92.4 Å². The summed E-state index contributed by atoms with van der Waals surface area (Å²) in [7, 11) is -2.25. The molecule has 18 heavy (non-hydrogen) atoms. The van der Waals surface area contributed by atoms with Gasteiger partial charge in [-0.25, -0.2) is 8.42 Å². The highest BCUT2D eigenvalue weighted by atomic mass is 32.2. The van der Waals surface area contributed by atoms with Crippen LogP contribution in [0.15, 0.2) is 17.3 Å². The van der Waals surface area contributed by atoms with Gasteiger partial charge in [-0.05, 0) is 12.8 Å². The number of hydrogen-bond donors (Lipinski definition) is 1. The summed E-state index contributed by atoms with van der Waals surface area (Å²) in [5, 5.41) is 6.10. The summed E-state index contributed by atoms with van der Waals surface area (Å²) < 4.78 is 30.4. The highest BCUT2D eigenvalue weighted by Crippen LogP contribution is 2.23. The zero-order valence-corrected chi connectivity index (χ0v) is 10.8. The predicted molar refractivity (Wildman–Crippen MR) is 62.1 cm³/mol. The van der Waals surface area contributed by atoms with Crippen molar-refractivity contribution in [2.24, 2.45) is 5.92 Å². The van der Waals surface area contributed by atoms with E-state index >= 15 is 0 Å². The highest BCUT2D eigenvalue weighted by molar-refractivity contribution is 7.89. The fourth-order valence-corrected chi connectivity index (χ4v) is 3.48. The second-order valence-electron chi connectivity index (χ2n) is 4.16. The predicted octanol–water partition coefficient (Wildman–Crippen LogP) is -0.0166. The number of carbonyl (C=O) groups is 1. The summed E-state index contributed by atoms with van der Waals surface area (Å²) in [6, 6.07) is 0. The van der Waals surface area contributed by atoms with Crippen LogP contribution < -0.4 is 0 Å². The first-order valence-corrected chi connectivity index (χ1v) is 7.06. The van der Waals surface area contributed by atoms with E-state index < -0.39 is 10.0 Å². The van der Waals surface area contributed by atoms with Crippen molar-refractivity contribution in [3.63, 3.8) is 0 Å². The second-order valence-corrected chi connectivity index (χ2v) is 6.10. The van der Waals surface area contributed by atoms with Gasteiger partial charge in [0.2, 0.25) is 10.0 Å². The molecule has 8 heteroatoms. The van der Waals surface area contributed by atoms with E-state index in [2.05, 4.69) is 14.9 Å². The Morgan fingerprint density at radius 1 is 1.61 bits per heavy atom. The van der Waals surface area contributed by atoms with Crippen molar-refractivity contribution >= 4 is 16.0 Å². The molecule has 0 amide bonds. The molecule has 1 N–H and O–H groups in total. The van der Waals surface area contributed by atoms with Gasteiger partial charge in [-0.1, -0.05) is 0 Å². The number of carbonyl (C=O) groups excluding carboxylic acids is 1. The maximum Gasteiger partial charge on any atom is 0.309 e. The first-order chi connectivity index (χ1) is 8.55. The first-order valence-electron chi connectivity index (χ1n) is 5.62. The van der Waals surface area contributed by atoms with Gasteiger partial charge in [0.05, 0.1) is 19.2 Å². The van der Waals surface area contributed by atoms with Crippen LogP contribution in [0.5, 0.6) is 0 Å². The molecular formula is C10H15N3O4S. The van der Waals surface area contributed by atoms with Crippen molar-refractivity contribution in [1.29, 1.82) is 0 Å². The summed E-state index contributed by atoms with van der Waals surface area (Å²) in [5.41, 5.74) is 0. The number of H-pyrrole nitrogens is 1. The minimum absolute atomic E-state index is 0.119. The number of methoxy groups -OCH3 is 1. The number of aromatic nitrogens is 2. The van der Waals surface area contributed by atoms with Gasteiger partial charge in [0.1, 0.15) is 4.90 Å². The van der Waals surface area contributed by atoms with Crippen molar-refractivity contribution in [3.8, 4) is 0 Å². The molecule has 0 saturated carbocycles. The molecule has 7 nitrogen and oxygen atoms in total. The number of nitrogens with zero attached hydrogens (tertiary/aromatic N) is 2. The average Bonchev–Trinajstić information content (AvgIpc) is 2.92. The zero-order chi connectivity index (χ0) is 13.2. The van der Waals surface area contributed by atoms with Gasteiger partial charge in [0.25, 0.3) is 0 Å². The molecule has 100 valence electrons. The van der Waals surface area contributed by atoms with E-state index in [0.717, 1.165) is 0 Å². The van der Waals surface area contributed by atoms with Gasteiger partial charge in [-0.2, -0.15) is 9.40 Å². The van der Waals surface area contributed by atoms with E-state index in [1.54, 1.807) is 0 Å². The fraction of sp³-hybridized carbons (Fsp3) is 0.600. The smallest absolute Gasteiger partial charge is 0.309 e. The van der Waals surface area contributed by atoms with E-state index in [1.165, 1.54) is 23.8 Å². The molecule has 0 aromatic carbocycles. The Morgan fingerprint density at radius 3 is 3.00 bits per heavy atom. The van der Waals surface area contributed by atoms with Crippen molar-refractivity contribution < 1.29 is 17.9 Å². The number of aromatic amines is 1. The zero-order valence-electron chi connectivity index (χ0n) is 10.00. The van der Waals surface area contributed by atoms with E-state index in [0.29, 0.717) is 19.4 Å². The number of esters is 1. The third-order valence-corrected chi connectivity index (χ3v) is 4.86. The van der Waals surface area contributed by atoms with Crippen LogP contribution in [0.3, 0.4) is 0 Å². The molecule has 0 bridgehead atoms.